The molecular weight excluding hydrogens is 499 g/mol. The number of hydrogen-bond donors (Lipinski definition) is 3. The van der Waals surface area contributed by atoms with E-state index in [2.05, 4.69) is 10.6 Å². The van der Waals surface area contributed by atoms with Crippen molar-refractivity contribution in [1.29, 1.82) is 0 Å². The van der Waals surface area contributed by atoms with Crippen LogP contribution in [0.25, 0.3) is 11.1 Å². The van der Waals surface area contributed by atoms with Crippen molar-refractivity contribution in [3.63, 3.8) is 0 Å². The number of carbonyl (C=O) groups is 3. The molecule has 1 heterocycles. The number of nitrogens with zero attached hydrogens (tertiary/aromatic N) is 1. The number of halogens is 3. The Balaban J connectivity index is 1.44. The summed E-state index contributed by atoms with van der Waals surface area (Å²) in [5, 5.41) is 14.6. The van der Waals surface area contributed by atoms with Crippen molar-refractivity contribution in [2.24, 2.45) is 5.92 Å². The third-order valence-electron chi connectivity index (χ3n) is 6.22. The average Bonchev–Trinajstić information content (AvgIpc) is 3.17. The summed E-state index contributed by atoms with van der Waals surface area (Å²) < 4.78 is 38.7. The number of aliphatic carboxylic acids is 1. The number of fused-ring (bicyclic) bond motifs is 1. The van der Waals surface area contributed by atoms with E-state index in [1.807, 2.05) is 26.0 Å². The normalized spacial score (nSPS) is 13.8. The zero-order chi connectivity index (χ0) is 27.6. The number of alkyl halides is 3. The number of anilines is 2. The molecule has 7 nitrogen and oxygen atoms in total. The van der Waals surface area contributed by atoms with Crippen molar-refractivity contribution < 1.29 is 32.7 Å². The lowest BCUT2D eigenvalue weighted by Gasteiger charge is -2.25. The van der Waals surface area contributed by atoms with E-state index in [1.165, 1.54) is 17.0 Å². The van der Waals surface area contributed by atoms with Gasteiger partial charge in [0.15, 0.2) is 0 Å². The number of urea groups is 1. The van der Waals surface area contributed by atoms with Crippen molar-refractivity contribution >= 4 is 29.3 Å². The molecular formula is C28H26F3N3O4. The first-order valence-electron chi connectivity index (χ1n) is 11.9. The summed E-state index contributed by atoms with van der Waals surface area (Å²) in [5.41, 5.74) is 2.28. The number of carboxylic acids is 1. The molecule has 198 valence electrons. The van der Waals surface area contributed by atoms with Crippen LogP contribution in [0.3, 0.4) is 0 Å². The van der Waals surface area contributed by atoms with Gasteiger partial charge in [-0.1, -0.05) is 44.2 Å². The number of amides is 3. The quantitative estimate of drug-likeness (QED) is 0.329. The molecule has 4 rings (SSSR count). The smallest absolute Gasteiger partial charge is 0.416 e. The number of rotatable bonds is 7. The zero-order valence-electron chi connectivity index (χ0n) is 20.7. The molecule has 3 aromatic rings. The second kappa shape index (κ2) is 10.6. The van der Waals surface area contributed by atoms with Gasteiger partial charge in [0.05, 0.1) is 5.56 Å². The van der Waals surface area contributed by atoms with E-state index in [1.54, 1.807) is 30.3 Å². The lowest BCUT2D eigenvalue weighted by Crippen LogP contribution is -2.42. The summed E-state index contributed by atoms with van der Waals surface area (Å²) >= 11 is 0. The molecule has 1 aliphatic heterocycles. The first-order chi connectivity index (χ1) is 17.9. The number of benzene rings is 3. The topological polar surface area (TPSA) is 98.7 Å². The first kappa shape index (κ1) is 26.7. The second-order valence-electron chi connectivity index (χ2n) is 9.52. The predicted molar refractivity (Wildman–Crippen MR) is 137 cm³/mol. The molecule has 10 heteroatoms. The minimum absolute atomic E-state index is 0.00401. The van der Waals surface area contributed by atoms with Crippen molar-refractivity contribution in [1.82, 2.24) is 4.90 Å². The summed E-state index contributed by atoms with van der Waals surface area (Å²) in [4.78, 5) is 38.5. The van der Waals surface area contributed by atoms with E-state index in [0.717, 1.165) is 28.8 Å². The van der Waals surface area contributed by atoms with Crippen LogP contribution in [0.4, 0.5) is 29.3 Å². The lowest BCUT2D eigenvalue weighted by molar-refractivity contribution is -0.143. The molecule has 0 aromatic heterocycles. The highest BCUT2D eigenvalue weighted by Gasteiger charge is 2.36. The summed E-state index contributed by atoms with van der Waals surface area (Å²) in [6.07, 6.45) is -4.16. The highest BCUT2D eigenvalue weighted by atomic mass is 19.4. The highest BCUT2D eigenvalue weighted by Crippen LogP contribution is 2.32. The SMILES string of the molecule is CC(C)CC(C(=O)O)N1Cc2ccc(-c3ccc(NC(=O)Nc4cccc(C(F)(F)F)c4)cc3)cc2C1=O. The molecule has 1 aliphatic rings. The van der Waals surface area contributed by atoms with Gasteiger partial charge < -0.3 is 20.6 Å². The third-order valence-corrected chi connectivity index (χ3v) is 6.22. The van der Waals surface area contributed by atoms with Crippen LogP contribution in [0.1, 0.15) is 41.8 Å². The molecule has 38 heavy (non-hydrogen) atoms. The van der Waals surface area contributed by atoms with Crippen LogP contribution < -0.4 is 10.6 Å². The molecule has 0 fully saturated rings. The summed E-state index contributed by atoms with van der Waals surface area (Å²) in [6.45, 7) is 4.06. The Labute approximate surface area is 217 Å². The van der Waals surface area contributed by atoms with Crippen molar-refractivity contribution in [3.8, 4) is 11.1 Å². The van der Waals surface area contributed by atoms with E-state index in [4.69, 9.17) is 0 Å². The maximum Gasteiger partial charge on any atom is 0.416 e. The largest absolute Gasteiger partial charge is 0.480 e. The van der Waals surface area contributed by atoms with Crippen molar-refractivity contribution in [2.75, 3.05) is 10.6 Å². The third kappa shape index (κ3) is 5.96. The molecule has 0 saturated carbocycles. The van der Waals surface area contributed by atoms with E-state index >= 15 is 0 Å². The van der Waals surface area contributed by atoms with E-state index < -0.39 is 29.8 Å². The Morgan fingerprint density at radius 2 is 1.61 bits per heavy atom. The van der Waals surface area contributed by atoms with Crippen LogP contribution >= 0.6 is 0 Å². The Morgan fingerprint density at radius 1 is 0.947 bits per heavy atom. The molecule has 0 spiro atoms. The molecule has 3 aromatic carbocycles. The molecule has 3 amide bonds. The molecule has 0 aliphatic carbocycles. The van der Waals surface area contributed by atoms with E-state index in [9.17, 15) is 32.7 Å². The second-order valence-corrected chi connectivity index (χ2v) is 9.52. The Hall–Kier alpha value is -4.34. The monoisotopic (exact) mass is 525 g/mol. The van der Waals surface area contributed by atoms with Crippen LogP contribution in [0, 0.1) is 5.92 Å². The van der Waals surface area contributed by atoms with Gasteiger partial charge in [-0.3, -0.25) is 4.79 Å². The number of hydrogen-bond acceptors (Lipinski definition) is 3. The van der Waals surface area contributed by atoms with Crippen LogP contribution in [-0.4, -0.2) is 34.0 Å². The van der Waals surface area contributed by atoms with Crippen LogP contribution in [-0.2, 0) is 17.5 Å². The van der Waals surface area contributed by atoms with Crippen molar-refractivity contribution in [2.45, 2.75) is 39.0 Å². The van der Waals surface area contributed by atoms with Crippen LogP contribution in [0.15, 0.2) is 66.7 Å². The minimum atomic E-state index is -4.52. The number of nitrogens with one attached hydrogen (secondary N) is 2. The van der Waals surface area contributed by atoms with Gasteiger partial charge in [-0.15, -0.1) is 0 Å². The first-order valence-corrected chi connectivity index (χ1v) is 11.9. The Bertz CT molecular complexity index is 1370. The Morgan fingerprint density at radius 3 is 2.24 bits per heavy atom. The van der Waals surface area contributed by atoms with Gasteiger partial charge in [-0.05, 0) is 65.4 Å². The van der Waals surface area contributed by atoms with Crippen LogP contribution in [0.5, 0.6) is 0 Å². The van der Waals surface area contributed by atoms with Gasteiger partial charge >= 0.3 is 18.2 Å². The summed E-state index contributed by atoms with van der Waals surface area (Å²) in [5.74, 6) is -1.23. The number of carboxylic acid groups (broad SMARTS) is 1. The van der Waals surface area contributed by atoms with Crippen molar-refractivity contribution in [3.05, 3.63) is 83.4 Å². The van der Waals surface area contributed by atoms with Gasteiger partial charge in [0.1, 0.15) is 6.04 Å². The molecule has 0 radical (unpaired) electrons. The van der Waals surface area contributed by atoms with E-state index in [-0.39, 0.29) is 24.1 Å². The summed E-state index contributed by atoms with van der Waals surface area (Å²) in [7, 11) is 0. The highest BCUT2D eigenvalue weighted by molar-refractivity contribution is 6.02. The maximum absolute atomic E-state index is 13.1. The maximum atomic E-state index is 13.1. The van der Waals surface area contributed by atoms with E-state index in [0.29, 0.717) is 17.7 Å². The van der Waals surface area contributed by atoms with Gasteiger partial charge in [0, 0.05) is 23.5 Å². The van der Waals surface area contributed by atoms with Gasteiger partial charge in [0.25, 0.3) is 5.91 Å². The lowest BCUT2D eigenvalue weighted by atomic mass is 10.00. The molecule has 3 N–H and O–H groups in total. The van der Waals surface area contributed by atoms with Gasteiger partial charge in [0.2, 0.25) is 0 Å². The fraction of sp³-hybridized carbons (Fsp3) is 0.250. The van der Waals surface area contributed by atoms with Gasteiger partial charge in [-0.2, -0.15) is 13.2 Å². The Kier molecular flexibility index (Phi) is 7.43. The molecule has 0 bridgehead atoms. The molecule has 1 atom stereocenters. The zero-order valence-corrected chi connectivity index (χ0v) is 20.7. The minimum Gasteiger partial charge on any atom is -0.480 e. The fourth-order valence-electron chi connectivity index (χ4n) is 4.38. The van der Waals surface area contributed by atoms with Crippen LogP contribution in [0.2, 0.25) is 0 Å². The number of carbonyl (C=O) groups excluding carboxylic acids is 2. The van der Waals surface area contributed by atoms with Gasteiger partial charge in [-0.25, -0.2) is 9.59 Å². The fourth-order valence-corrected chi connectivity index (χ4v) is 4.38. The molecule has 0 saturated heterocycles. The average molecular weight is 526 g/mol. The predicted octanol–water partition coefficient (Wildman–Crippen LogP) is 6.47. The molecule has 1 unspecified atom stereocenters. The summed E-state index contributed by atoms with van der Waals surface area (Å²) in [6, 6.07) is 14.8. The standard InChI is InChI=1S/C28H26F3N3O4/c1-16(2)12-24(26(36)37)34-15-19-7-6-18(13-23(19)25(34)35)17-8-10-21(11-9-17)32-27(38)33-22-5-3-4-20(14-22)28(29,30)31/h3-11,13-14,16,24H,12,15H2,1-2H3,(H,36,37)(H2,32,33,38).